The summed E-state index contributed by atoms with van der Waals surface area (Å²) in [5.41, 5.74) is 1.79. The van der Waals surface area contributed by atoms with Gasteiger partial charge in [-0.1, -0.05) is 41.3 Å². The number of carbonyl (C=O) groups excluding carboxylic acids is 2. The molecule has 2 amide bonds. The third-order valence-corrected chi connectivity index (χ3v) is 6.17. The monoisotopic (exact) mass is 406 g/mol. The van der Waals surface area contributed by atoms with Crippen LogP contribution in [-0.2, 0) is 14.4 Å². The number of hydrogen-bond acceptors (Lipinski definition) is 7. The number of thioether (sulfide) groups is 1. The van der Waals surface area contributed by atoms with Crippen molar-refractivity contribution in [1.82, 2.24) is 10.2 Å². The largest absolute Gasteiger partial charge is 0.480 e. The van der Waals surface area contributed by atoms with Gasteiger partial charge in [0.05, 0.1) is 5.92 Å². The minimum absolute atomic E-state index is 0.0896. The molecule has 10 heteroatoms. The van der Waals surface area contributed by atoms with Gasteiger partial charge >= 0.3 is 5.97 Å². The molecule has 1 saturated heterocycles. The lowest BCUT2D eigenvalue weighted by molar-refractivity contribution is -0.136. The number of aliphatic carboxylic acids is 1. The Balaban J connectivity index is 1.62. The number of benzene rings is 1. The first kappa shape index (κ1) is 19.3. The lowest BCUT2D eigenvalue weighted by Gasteiger charge is -2.18. The van der Waals surface area contributed by atoms with Gasteiger partial charge in [-0.05, 0) is 25.5 Å². The number of carboxylic acid groups (broad SMARTS) is 1. The lowest BCUT2D eigenvalue weighted by Crippen LogP contribution is -2.28. The number of amides is 2. The van der Waals surface area contributed by atoms with Crippen LogP contribution >= 0.6 is 23.1 Å². The summed E-state index contributed by atoms with van der Waals surface area (Å²) in [6, 6.07) is 7.56. The zero-order chi connectivity index (χ0) is 19.6. The van der Waals surface area contributed by atoms with E-state index in [2.05, 4.69) is 15.5 Å². The third-order valence-electron chi connectivity index (χ3n) is 4.16. The van der Waals surface area contributed by atoms with Gasteiger partial charge in [0.25, 0.3) is 0 Å². The van der Waals surface area contributed by atoms with Crippen LogP contribution in [0.3, 0.4) is 0 Å². The second kappa shape index (κ2) is 8.05. The maximum atomic E-state index is 12.5. The highest BCUT2D eigenvalue weighted by atomic mass is 32.2. The molecule has 2 heterocycles. The van der Waals surface area contributed by atoms with Gasteiger partial charge in [0, 0.05) is 18.7 Å². The smallest absolute Gasteiger partial charge is 0.316 e. The zero-order valence-corrected chi connectivity index (χ0v) is 16.3. The highest BCUT2D eigenvalue weighted by molar-refractivity contribution is 8.02. The van der Waals surface area contributed by atoms with E-state index in [0.717, 1.165) is 34.3 Å². The Hall–Kier alpha value is -2.46. The zero-order valence-electron chi connectivity index (χ0n) is 14.7. The van der Waals surface area contributed by atoms with Crippen LogP contribution < -0.4 is 10.2 Å². The van der Waals surface area contributed by atoms with Crippen molar-refractivity contribution in [1.29, 1.82) is 0 Å². The van der Waals surface area contributed by atoms with Gasteiger partial charge in [-0.15, -0.1) is 10.2 Å². The summed E-state index contributed by atoms with van der Waals surface area (Å²) < 4.78 is 0.462. The second-order valence-electron chi connectivity index (χ2n) is 6.15. The molecule has 1 aliphatic heterocycles. The molecule has 0 spiro atoms. The Kier molecular flexibility index (Phi) is 5.76. The average molecular weight is 406 g/mol. The van der Waals surface area contributed by atoms with Gasteiger partial charge in [0.1, 0.15) is 5.25 Å². The summed E-state index contributed by atoms with van der Waals surface area (Å²) in [5, 5.41) is 19.0. The molecule has 1 aromatic carbocycles. The topological polar surface area (TPSA) is 112 Å². The molecule has 1 aliphatic rings. The number of rotatable bonds is 6. The number of aryl methyl sites for hydroxylation is 1. The van der Waals surface area contributed by atoms with Crippen LogP contribution in [0, 0.1) is 12.8 Å². The van der Waals surface area contributed by atoms with Crippen LogP contribution in [-0.4, -0.2) is 44.9 Å². The number of carbonyl (C=O) groups is 3. The van der Waals surface area contributed by atoms with E-state index in [9.17, 15) is 14.4 Å². The first-order valence-electron chi connectivity index (χ1n) is 8.25. The summed E-state index contributed by atoms with van der Waals surface area (Å²) in [5.74, 6) is -1.80. The van der Waals surface area contributed by atoms with Crippen molar-refractivity contribution >= 4 is 51.7 Å². The molecular formula is C17H18N4O4S2. The van der Waals surface area contributed by atoms with Gasteiger partial charge in [0.15, 0.2) is 4.34 Å². The van der Waals surface area contributed by atoms with E-state index in [1.165, 1.54) is 0 Å². The summed E-state index contributed by atoms with van der Waals surface area (Å²) in [6.45, 7) is 3.79. The van der Waals surface area contributed by atoms with Crippen LogP contribution in [0.25, 0.3) is 0 Å². The van der Waals surface area contributed by atoms with Crippen molar-refractivity contribution in [2.24, 2.45) is 5.92 Å². The van der Waals surface area contributed by atoms with Crippen molar-refractivity contribution in [3.63, 3.8) is 0 Å². The fourth-order valence-corrected chi connectivity index (χ4v) is 4.53. The first-order chi connectivity index (χ1) is 12.8. The molecule has 3 rings (SSSR count). The standard InChI is InChI=1S/C17H18N4O4S2/c1-9-5-3-4-6-12(9)21-8-11(7-13(21)22)14(23)18-16-19-20-17(27-16)26-10(2)15(24)25/h3-6,10-11H,7-8H2,1-2H3,(H,24,25)(H,18,19,23)/t10-,11+/m1/s1. The molecule has 27 heavy (non-hydrogen) atoms. The number of nitrogens with one attached hydrogen (secondary N) is 1. The SMILES string of the molecule is Cc1ccccc1N1C[C@@H](C(=O)Nc2nnc(S[C@H](C)C(=O)O)s2)CC1=O. The maximum absolute atomic E-state index is 12.5. The Labute approximate surface area is 164 Å². The Bertz CT molecular complexity index is 885. The van der Waals surface area contributed by atoms with E-state index in [-0.39, 0.29) is 18.2 Å². The van der Waals surface area contributed by atoms with Crippen molar-refractivity contribution in [2.45, 2.75) is 29.9 Å². The molecule has 2 N–H and O–H groups in total. The molecule has 2 atom stereocenters. The van der Waals surface area contributed by atoms with E-state index >= 15 is 0 Å². The molecular weight excluding hydrogens is 388 g/mol. The van der Waals surface area contributed by atoms with Crippen molar-refractivity contribution in [3.8, 4) is 0 Å². The minimum atomic E-state index is -0.943. The van der Waals surface area contributed by atoms with E-state index in [1.807, 2.05) is 31.2 Å². The molecule has 142 valence electrons. The lowest BCUT2D eigenvalue weighted by atomic mass is 10.1. The molecule has 0 unspecified atom stereocenters. The van der Waals surface area contributed by atoms with E-state index in [1.54, 1.807) is 11.8 Å². The van der Waals surface area contributed by atoms with Crippen LogP contribution in [0.2, 0.25) is 0 Å². The number of aromatic nitrogens is 2. The third kappa shape index (κ3) is 4.45. The minimum Gasteiger partial charge on any atom is -0.480 e. The molecule has 0 radical (unpaired) electrons. The normalized spacial score (nSPS) is 17.8. The Morgan fingerprint density at radius 2 is 2.11 bits per heavy atom. The molecule has 0 saturated carbocycles. The molecule has 2 aromatic rings. The molecule has 1 fully saturated rings. The number of para-hydroxylation sites is 1. The summed E-state index contributed by atoms with van der Waals surface area (Å²) in [7, 11) is 0. The summed E-state index contributed by atoms with van der Waals surface area (Å²) >= 11 is 2.18. The highest BCUT2D eigenvalue weighted by Gasteiger charge is 2.36. The van der Waals surface area contributed by atoms with Crippen LogP contribution in [0.5, 0.6) is 0 Å². The summed E-state index contributed by atoms with van der Waals surface area (Å²) in [4.78, 5) is 37.4. The predicted octanol–water partition coefficient (Wildman–Crippen LogP) is 2.40. The quantitative estimate of drug-likeness (QED) is 0.559. The van der Waals surface area contributed by atoms with Crippen LogP contribution in [0.4, 0.5) is 10.8 Å². The Morgan fingerprint density at radius 3 is 2.81 bits per heavy atom. The van der Waals surface area contributed by atoms with Gasteiger partial charge in [0.2, 0.25) is 16.9 Å². The molecule has 8 nitrogen and oxygen atoms in total. The number of nitrogens with zero attached hydrogens (tertiary/aromatic N) is 3. The molecule has 1 aromatic heterocycles. The molecule has 0 bridgehead atoms. The van der Waals surface area contributed by atoms with E-state index < -0.39 is 17.1 Å². The van der Waals surface area contributed by atoms with Crippen LogP contribution in [0.15, 0.2) is 28.6 Å². The van der Waals surface area contributed by atoms with Crippen molar-refractivity contribution < 1.29 is 19.5 Å². The highest BCUT2D eigenvalue weighted by Crippen LogP contribution is 2.31. The average Bonchev–Trinajstić information content (AvgIpc) is 3.22. The number of anilines is 2. The second-order valence-corrected chi connectivity index (χ2v) is 8.72. The number of hydrogen-bond donors (Lipinski definition) is 2. The van der Waals surface area contributed by atoms with Gasteiger partial charge in [-0.3, -0.25) is 14.4 Å². The summed E-state index contributed by atoms with van der Waals surface area (Å²) in [6.07, 6.45) is 0.136. The van der Waals surface area contributed by atoms with E-state index in [0.29, 0.717) is 16.0 Å². The first-order valence-corrected chi connectivity index (χ1v) is 9.94. The predicted molar refractivity (Wildman–Crippen MR) is 103 cm³/mol. The molecule has 0 aliphatic carbocycles. The van der Waals surface area contributed by atoms with Gasteiger partial charge in [-0.2, -0.15) is 0 Å². The fourth-order valence-electron chi connectivity index (χ4n) is 2.70. The maximum Gasteiger partial charge on any atom is 0.316 e. The fraction of sp³-hybridized carbons (Fsp3) is 0.353. The van der Waals surface area contributed by atoms with E-state index in [4.69, 9.17) is 5.11 Å². The van der Waals surface area contributed by atoms with Crippen molar-refractivity contribution in [2.75, 3.05) is 16.8 Å². The van der Waals surface area contributed by atoms with Crippen molar-refractivity contribution in [3.05, 3.63) is 29.8 Å². The Morgan fingerprint density at radius 1 is 1.37 bits per heavy atom. The van der Waals surface area contributed by atoms with Gasteiger partial charge in [-0.25, -0.2) is 0 Å². The van der Waals surface area contributed by atoms with Crippen LogP contribution in [0.1, 0.15) is 18.9 Å². The van der Waals surface area contributed by atoms with Gasteiger partial charge < -0.3 is 15.3 Å². The number of carboxylic acids is 1.